The molecule has 0 aliphatic rings. The van der Waals surface area contributed by atoms with Gasteiger partial charge in [0.15, 0.2) is 12.9 Å². The number of methoxy groups -OCH3 is 1. The van der Waals surface area contributed by atoms with Gasteiger partial charge >= 0.3 is 0 Å². The van der Waals surface area contributed by atoms with Crippen LogP contribution in [0.2, 0.25) is 0 Å². The largest absolute Gasteiger partial charge is 0.497 e. The lowest BCUT2D eigenvalue weighted by Gasteiger charge is -2.17. The van der Waals surface area contributed by atoms with Crippen LogP contribution < -0.4 is 14.8 Å². The van der Waals surface area contributed by atoms with Crippen molar-refractivity contribution in [2.24, 2.45) is 5.92 Å². The fourth-order valence-corrected chi connectivity index (χ4v) is 1.48. The second kappa shape index (κ2) is 7.53. The zero-order chi connectivity index (χ0) is 15.1. The van der Waals surface area contributed by atoms with Gasteiger partial charge in [-0.05, 0) is 31.0 Å². The first-order valence-electron chi connectivity index (χ1n) is 6.53. The summed E-state index contributed by atoms with van der Waals surface area (Å²) in [5.41, 5.74) is 0.356. The quantitative estimate of drug-likeness (QED) is 0.776. The number of aldehydes is 1. The molecule has 0 aliphatic heterocycles. The minimum atomic E-state index is -0.209. The van der Waals surface area contributed by atoms with Crippen LogP contribution in [0, 0.1) is 5.92 Å². The van der Waals surface area contributed by atoms with Crippen molar-refractivity contribution in [3.63, 3.8) is 0 Å². The SMILES string of the molecule is COc1ccc(OCC(=O)NC(C)C(C)C)c(C=O)c1. The molecule has 1 aromatic carbocycles. The average molecular weight is 279 g/mol. The summed E-state index contributed by atoms with van der Waals surface area (Å²) in [6.07, 6.45) is 0.673. The normalized spacial score (nSPS) is 11.8. The molecule has 5 heteroatoms. The number of ether oxygens (including phenoxy) is 2. The van der Waals surface area contributed by atoms with E-state index in [0.29, 0.717) is 29.3 Å². The van der Waals surface area contributed by atoms with Crippen molar-refractivity contribution in [2.45, 2.75) is 26.8 Å². The van der Waals surface area contributed by atoms with Crippen molar-refractivity contribution < 1.29 is 19.1 Å². The van der Waals surface area contributed by atoms with E-state index in [2.05, 4.69) is 5.32 Å². The molecule has 0 spiro atoms. The molecular weight excluding hydrogens is 258 g/mol. The summed E-state index contributed by atoms with van der Waals surface area (Å²) in [6, 6.07) is 4.93. The fraction of sp³-hybridized carbons (Fsp3) is 0.467. The Labute approximate surface area is 119 Å². The van der Waals surface area contributed by atoms with E-state index in [1.807, 2.05) is 20.8 Å². The van der Waals surface area contributed by atoms with Gasteiger partial charge < -0.3 is 14.8 Å². The Balaban J connectivity index is 2.61. The lowest BCUT2D eigenvalue weighted by atomic mass is 10.1. The average Bonchev–Trinajstić information content (AvgIpc) is 2.44. The van der Waals surface area contributed by atoms with Crippen molar-refractivity contribution in [3.8, 4) is 11.5 Å². The van der Waals surface area contributed by atoms with Crippen LogP contribution in [0.1, 0.15) is 31.1 Å². The van der Waals surface area contributed by atoms with Crippen molar-refractivity contribution in [3.05, 3.63) is 23.8 Å². The van der Waals surface area contributed by atoms with E-state index in [1.54, 1.807) is 18.2 Å². The van der Waals surface area contributed by atoms with Gasteiger partial charge in [-0.25, -0.2) is 0 Å². The number of carbonyl (C=O) groups is 2. The molecule has 20 heavy (non-hydrogen) atoms. The Bertz CT molecular complexity index is 471. The standard InChI is InChI=1S/C15H21NO4/c1-10(2)11(3)16-15(18)9-20-14-6-5-13(19-4)7-12(14)8-17/h5-8,10-11H,9H2,1-4H3,(H,16,18). The lowest BCUT2D eigenvalue weighted by molar-refractivity contribution is -0.124. The Morgan fingerprint density at radius 2 is 2.05 bits per heavy atom. The molecule has 1 amide bonds. The summed E-state index contributed by atoms with van der Waals surface area (Å²) >= 11 is 0. The second-order valence-corrected chi connectivity index (χ2v) is 4.91. The molecule has 0 saturated heterocycles. The van der Waals surface area contributed by atoms with E-state index < -0.39 is 0 Å². The summed E-state index contributed by atoms with van der Waals surface area (Å²) < 4.78 is 10.4. The van der Waals surface area contributed by atoms with Gasteiger partial charge in [0, 0.05) is 6.04 Å². The first-order valence-corrected chi connectivity index (χ1v) is 6.53. The molecule has 1 aromatic rings. The number of amides is 1. The van der Waals surface area contributed by atoms with Gasteiger partial charge in [-0.3, -0.25) is 9.59 Å². The minimum Gasteiger partial charge on any atom is -0.497 e. The van der Waals surface area contributed by atoms with Crippen molar-refractivity contribution in [1.29, 1.82) is 0 Å². The molecule has 5 nitrogen and oxygen atoms in total. The van der Waals surface area contributed by atoms with Crippen LogP contribution in [0.3, 0.4) is 0 Å². The molecule has 110 valence electrons. The van der Waals surface area contributed by atoms with Crippen LogP contribution in [0.5, 0.6) is 11.5 Å². The maximum atomic E-state index is 11.7. The molecule has 0 aliphatic carbocycles. The van der Waals surface area contributed by atoms with Gasteiger partial charge in [0.1, 0.15) is 11.5 Å². The van der Waals surface area contributed by atoms with Crippen LogP contribution in [0.15, 0.2) is 18.2 Å². The minimum absolute atomic E-state index is 0.0764. The number of nitrogens with one attached hydrogen (secondary N) is 1. The maximum absolute atomic E-state index is 11.7. The van der Waals surface area contributed by atoms with Crippen LogP contribution in [0.4, 0.5) is 0 Å². The van der Waals surface area contributed by atoms with Gasteiger partial charge in [-0.15, -0.1) is 0 Å². The number of hydrogen-bond acceptors (Lipinski definition) is 4. The van der Waals surface area contributed by atoms with Crippen LogP contribution in [-0.2, 0) is 4.79 Å². The topological polar surface area (TPSA) is 64.6 Å². The van der Waals surface area contributed by atoms with Crippen molar-refractivity contribution >= 4 is 12.2 Å². The van der Waals surface area contributed by atoms with E-state index in [9.17, 15) is 9.59 Å². The molecule has 0 radical (unpaired) electrons. The Hall–Kier alpha value is -2.04. The number of benzene rings is 1. The highest BCUT2D eigenvalue weighted by Crippen LogP contribution is 2.22. The highest BCUT2D eigenvalue weighted by molar-refractivity contribution is 5.81. The van der Waals surface area contributed by atoms with Crippen molar-refractivity contribution in [2.75, 3.05) is 13.7 Å². The summed E-state index contributed by atoms with van der Waals surface area (Å²) in [7, 11) is 1.52. The molecule has 0 saturated carbocycles. The predicted octanol–water partition coefficient (Wildman–Crippen LogP) is 2.05. The van der Waals surface area contributed by atoms with Crippen LogP contribution in [-0.4, -0.2) is 32.0 Å². The van der Waals surface area contributed by atoms with Crippen LogP contribution >= 0.6 is 0 Å². The molecule has 0 bridgehead atoms. The zero-order valence-corrected chi connectivity index (χ0v) is 12.3. The molecular formula is C15H21NO4. The monoisotopic (exact) mass is 279 g/mol. The summed E-state index contributed by atoms with van der Waals surface area (Å²) in [6.45, 7) is 5.87. The third kappa shape index (κ3) is 4.57. The number of carbonyl (C=O) groups excluding carboxylic acids is 2. The third-order valence-electron chi connectivity index (χ3n) is 3.09. The molecule has 1 rings (SSSR count). The highest BCUT2D eigenvalue weighted by Gasteiger charge is 2.12. The Morgan fingerprint density at radius 1 is 1.35 bits per heavy atom. The van der Waals surface area contributed by atoms with Crippen LogP contribution in [0.25, 0.3) is 0 Å². The van der Waals surface area contributed by atoms with Gasteiger partial charge in [0.25, 0.3) is 5.91 Å². The van der Waals surface area contributed by atoms with Gasteiger partial charge in [0.05, 0.1) is 12.7 Å². The summed E-state index contributed by atoms with van der Waals surface area (Å²) in [5, 5.41) is 2.83. The first-order chi connectivity index (χ1) is 9.47. The first kappa shape index (κ1) is 16.0. The summed E-state index contributed by atoms with van der Waals surface area (Å²) in [4.78, 5) is 22.7. The maximum Gasteiger partial charge on any atom is 0.258 e. The van der Waals surface area contributed by atoms with E-state index >= 15 is 0 Å². The fourth-order valence-electron chi connectivity index (χ4n) is 1.48. The predicted molar refractivity (Wildman–Crippen MR) is 76.3 cm³/mol. The molecule has 1 N–H and O–H groups in total. The third-order valence-corrected chi connectivity index (χ3v) is 3.09. The summed E-state index contributed by atoms with van der Waals surface area (Å²) in [5.74, 6) is 1.08. The zero-order valence-electron chi connectivity index (χ0n) is 12.3. The van der Waals surface area contributed by atoms with E-state index in [4.69, 9.17) is 9.47 Å². The molecule has 0 fully saturated rings. The molecule has 1 atom stereocenters. The van der Waals surface area contributed by atoms with Gasteiger partial charge in [-0.2, -0.15) is 0 Å². The van der Waals surface area contributed by atoms with Crippen molar-refractivity contribution in [1.82, 2.24) is 5.32 Å². The molecule has 0 aromatic heterocycles. The lowest BCUT2D eigenvalue weighted by Crippen LogP contribution is -2.39. The van der Waals surface area contributed by atoms with Gasteiger partial charge in [-0.1, -0.05) is 13.8 Å². The number of hydrogen-bond donors (Lipinski definition) is 1. The van der Waals surface area contributed by atoms with Gasteiger partial charge in [0.2, 0.25) is 0 Å². The van der Waals surface area contributed by atoms with E-state index in [1.165, 1.54) is 7.11 Å². The smallest absolute Gasteiger partial charge is 0.258 e. The Morgan fingerprint density at radius 3 is 2.60 bits per heavy atom. The highest BCUT2D eigenvalue weighted by atomic mass is 16.5. The second-order valence-electron chi connectivity index (χ2n) is 4.91. The Kier molecular flexibility index (Phi) is 6.03. The van der Waals surface area contributed by atoms with E-state index in [-0.39, 0.29) is 18.6 Å². The molecule has 1 unspecified atom stereocenters. The molecule has 0 heterocycles. The van der Waals surface area contributed by atoms with E-state index in [0.717, 1.165) is 0 Å². The number of rotatable bonds is 7.